The van der Waals surface area contributed by atoms with Gasteiger partial charge in [0.1, 0.15) is 17.7 Å². The van der Waals surface area contributed by atoms with Gasteiger partial charge < -0.3 is 4.90 Å². The molecular formula is C22H23N3. The van der Waals surface area contributed by atoms with E-state index in [4.69, 9.17) is 10.5 Å². The summed E-state index contributed by atoms with van der Waals surface area (Å²) in [4.78, 5) is 2.43. The highest BCUT2D eigenvalue weighted by molar-refractivity contribution is 5.59. The van der Waals surface area contributed by atoms with Crippen molar-refractivity contribution < 1.29 is 0 Å². The monoisotopic (exact) mass is 329 g/mol. The molecule has 0 N–H and O–H groups in total. The molecule has 1 saturated heterocycles. The van der Waals surface area contributed by atoms with Gasteiger partial charge in [-0.15, -0.1) is 0 Å². The Morgan fingerprint density at radius 2 is 1.72 bits per heavy atom. The number of allylic oxidation sites excluding steroid dienone is 5. The molecule has 0 amide bonds. The lowest BCUT2D eigenvalue weighted by atomic mass is 9.85. The van der Waals surface area contributed by atoms with Crippen molar-refractivity contribution in [3.63, 3.8) is 0 Å². The van der Waals surface area contributed by atoms with E-state index in [1.54, 1.807) is 0 Å². The van der Waals surface area contributed by atoms with E-state index >= 15 is 0 Å². The van der Waals surface area contributed by atoms with Crippen molar-refractivity contribution in [2.75, 3.05) is 18.0 Å². The summed E-state index contributed by atoms with van der Waals surface area (Å²) in [6, 6.07) is 12.7. The largest absolute Gasteiger partial charge is 0.372 e. The first kappa shape index (κ1) is 17.1. The van der Waals surface area contributed by atoms with Gasteiger partial charge in [-0.25, -0.2) is 0 Å². The first-order chi connectivity index (χ1) is 12.2. The van der Waals surface area contributed by atoms with Crippen molar-refractivity contribution in [2.24, 2.45) is 5.92 Å². The number of benzene rings is 1. The number of hydrogen-bond donors (Lipinski definition) is 0. The van der Waals surface area contributed by atoms with E-state index in [-0.39, 0.29) is 5.57 Å². The Hall–Kier alpha value is -2.78. The molecular weight excluding hydrogens is 306 g/mol. The van der Waals surface area contributed by atoms with E-state index < -0.39 is 0 Å². The molecule has 1 aliphatic carbocycles. The lowest BCUT2D eigenvalue weighted by molar-refractivity contribution is 0.565. The van der Waals surface area contributed by atoms with Gasteiger partial charge in [0, 0.05) is 18.8 Å². The smallest absolute Gasteiger partial charge is 0.132 e. The molecule has 1 unspecified atom stereocenters. The predicted octanol–water partition coefficient (Wildman–Crippen LogP) is 5.00. The van der Waals surface area contributed by atoms with Crippen LogP contribution in [0.5, 0.6) is 0 Å². The van der Waals surface area contributed by atoms with Gasteiger partial charge in [0.15, 0.2) is 0 Å². The standard InChI is InChI=1S/C22H23N3/c1-17-12-19(14-20(13-17)21(15-23)16-24)5-4-18-6-8-22(9-7-18)25-10-2-3-11-25/h4-9,14,17H,2-3,10-13H2,1H3. The van der Waals surface area contributed by atoms with Crippen LogP contribution in [-0.4, -0.2) is 13.1 Å². The third-order valence-corrected chi connectivity index (χ3v) is 4.91. The van der Waals surface area contributed by atoms with Gasteiger partial charge >= 0.3 is 0 Å². The first-order valence-corrected chi connectivity index (χ1v) is 8.96. The second-order valence-corrected chi connectivity index (χ2v) is 6.98. The summed E-state index contributed by atoms with van der Waals surface area (Å²) in [5.41, 5.74) is 4.77. The quantitative estimate of drug-likeness (QED) is 0.733. The molecule has 1 aromatic carbocycles. The maximum atomic E-state index is 9.09. The average molecular weight is 329 g/mol. The fourth-order valence-electron chi connectivity index (χ4n) is 3.63. The van der Waals surface area contributed by atoms with E-state index in [2.05, 4.69) is 48.2 Å². The second-order valence-electron chi connectivity index (χ2n) is 6.98. The van der Waals surface area contributed by atoms with Gasteiger partial charge in [0.05, 0.1) is 0 Å². The molecule has 0 saturated carbocycles. The highest BCUT2D eigenvalue weighted by atomic mass is 15.1. The average Bonchev–Trinajstić information content (AvgIpc) is 3.16. The van der Waals surface area contributed by atoms with Crippen molar-refractivity contribution in [2.45, 2.75) is 32.6 Å². The Kier molecular flexibility index (Phi) is 5.36. The Balaban J connectivity index is 1.75. The molecule has 1 atom stereocenters. The summed E-state index contributed by atoms with van der Waals surface area (Å²) < 4.78 is 0. The van der Waals surface area contributed by atoms with Gasteiger partial charge in [0.2, 0.25) is 0 Å². The molecule has 0 radical (unpaired) electrons. The van der Waals surface area contributed by atoms with Crippen LogP contribution in [0, 0.1) is 28.6 Å². The SMILES string of the molecule is CC1CC(C=Cc2ccc(N3CCCC3)cc2)=CC(=C(C#N)C#N)C1. The van der Waals surface area contributed by atoms with Crippen molar-refractivity contribution in [3.05, 3.63) is 58.7 Å². The van der Waals surface area contributed by atoms with E-state index in [9.17, 15) is 0 Å². The molecule has 1 fully saturated rings. The third-order valence-electron chi connectivity index (χ3n) is 4.91. The molecule has 0 spiro atoms. The van der Waals surface area contributed by atoms with Gasteiger partial charge in [-0.2, -0.15) is 10.5 Å². The zero-order chi connectivity index (χ0) is 17.6. The molecule has 2 aliphatic rings. The van der Waals surface area contributed by atoms with Crippen molar-refractivity contribution in [1.82, 2.24) is 0 Å². The van der Waals surface area contributed by atoms with Crippen molar-refractivity contribution >= 4 is 11.8 Å². The molecule has 1 aromatic rings. The summed E-state index contributed by atoms with van der Waals surface area (Å²) in [5.74, 6) is 0.453. The second kappa shape index (κ2) is 7.86. The fourth-order valence-corrected chi connectivity index (χ4v) is 3.63. The lowest BCUT2D eigenvalue weighted by Crippen LogP contribution is -2.17. The van der Waals surface area contributed by atoms with E-state index in [1.165, 1.54) is 29.7 Å². The van der Waals surface area contributed by atoms with Gasteiger partial charge in [-0.05, 0) is 60.4 Å². The van der Waals surface area contributed by atoms with E-state index in [0.717, 1.165) is 31.5 Å². The van der Waals surface area contributed by atoms with Crippen LogP contribution in [0.1, 0.15) is 38.2 Å². The maximum absolute atomic E-state index is 9.09. The third kappa shape index (κ3) is 4.20. The number of anilines is 1. The molecule has 3 heteroatoms. The van der Waals surface area contributed by atoms with Gasteiger partial charge in [-0.3, -0.25) is 0 Å². The zero-order valence-corrected chi connectivity index (χ0v) is 14.7. The highest BCUT2D eigenvalue weighted by Gasteiger charge is 2.16. The minimum atomic E-state index is 0.243. The zero-order valence-electron chi connectivity index (χ0n) is 14.7. The molecule has 0 bridgehead atoms. The van der Waals surface area contributed by atoms with Gasteiger partial charge in [-0.1, -0.05) is 37.3 Å². The van der Waals surface area contributed by atoms with Crippen molar-refractivity contribution in [3.8, 4) is 12.1 Å². The highest BCUT2D eigenvalue weighted by Crippen LogP contribution is 2.30. The molecule has 1 heterocycles. The summed E-state index contributed by atoms with van der Waals surface area (Å²) >= 11 is 0. The Bertz CT molecular complexity index is 775. The fraction of sp³-hybridized carbons (Fsp3) is 0.364. The normalized spacial score (nSPS) is 20.3. The maximum Gasteiger partial charge on any atom is 0.132 e. The summed E-state index contributed by atoms with van der Waals surface area (Å²) in [6.07, 6.45) is 10.6. The molecule has 0 aromatic heterocycles. The van der Waals surface area contributed by atoms with Crippen molar-refractivity contribution in [1.29, 1.82) is 10.5 Å². The molecule has 1 aliphatic heterocycles. The minimum Gasteiger partial charge on any atom is -0.372 e. The van der Waals surface area contributed by atoms with Crippen LogP contribution in [0.15, 0.2) is 53.1 Å². The van der Waals surface area contributed by atoms with Crippen LogP contribution in [0.4, 0.5) is 5.69 Å². The number of rotatable bonds is 3. The Morgan fingerprint density at radius 3 is 2.36 bits per heavy atom. The van der Waals surface area contributed by atoms with Crippen LogP contribution < -0.4 is 4.90 Å². The molecule has 3 nitrogen and oxygen atoms in total. The first-order valence-electron chi connectivity index (χ1n) is 8.96. The van der Waals surface area contributed by atoms with Crippen LogP contribution in [0.25, 0.3) is 6.08 Å². The summed E-state index contributed by atoms with van der Waals surface area (Å²) in [6.45, 7) is 4.49. The van der Waals surface area contributed by atoms with Crippen LogP contribution in [0.2, 0.25) is 0 Å². The van der Waals surface area contributed by atoms with E-state index in [1.807, 2.05) is 18.2 Å². The molecule has 3 rings (SSSR count). The Morgan fingerprint density at radius 1 is 1.04 bits per heavy atom. The minimum absolute atomic E-state index is 0.243. The number of nitrogens with zero attached hydrogens (tertiary/aromatic N) is 3. The Labute approximate surface area is 150 Å². The number of hydrogen-bond acceptors (Lipinski definition) is 3. The number of nitriles is 2. The van der Waals surface area contributed by atoms with Crippen LogP contribution in [0.3, 0.4) is 0 Å². The molecule has 25 heavy (non-hydrogen) atoms. The summed E-state index contributed by atoms with van der Waals surface area (Å²) in [5, 5.41) is 18.2. The molecule has 126 valence electrons. The van der Waals surface area contributed by atoms with Crippen LogP contribution in [-0.2, 0) is 0 Å². The topological polar surface area (TPSA) is 50.8 Å². The summed E-state index contributed by atoms with van der Waals surface area (Å²) in [7, 11) is 0. The van der Waals surface area contributed by atoms with Gasteiger partial charge in [0.25, 0.3) is 0 Å². The van der Waals surface area contributed by atoms with E-state index in [0.29, 0.717) is 5.92 Å². The van der Waals surface area contributed by atoms with Crippen LogP contribution >= 0.6 is 0 Å². The predicted molar refractivity (Wildman–Crippen MR) is 102 cm³/mol. The lowest BCUT2D eigenvalue weighted by Gasteiger charge is -2.19.